The van der Waals surface area contributed by atoms with Crippen LogP contribution in [0.5, 0.6) is 0 Å². The topological polar surface area (TPSA) is 0 Å². The molecule has 0 spiro atoms. The zero-order valence-electron chi connectivity index (χ0n) is 8.32. The normalized spacial score (nSPS) is 20.3. The first-order valence-electron chi connectivity index (χ1n) is 4.82. The molecular weight excluding hydrogens is 132 g/mol. The van der Waals surface area contributed by atoms with Gasteiger partial charge >= 0.3 is 0 Å². The van der Waals surface area contributed by atoms with Gasteiger partial charge < -0.3 is 0 Å². The highest BCUT2D eigenvalue weighted by molar-refractivity contribution is 4.94. The molecule has 0 N–H and O–H groups in total. The molecule has 0 radical (unpaired) electrons. The summed E-state index contributed by atoms with van der Waals surface area (Å²) in [6.45, 7) is 10.4. The van der Waals surface area contributed by atoms with Gasteiger partial charge in [0.05, 0.1) is 0 Å². The molecule has 1 aliphatic carbocycles. The maximum absolute atomic E-state index is 3.81. The van der Waals surface area contributed by atoms with Gasteiger partial charge in [-0.15, -0.1) is 6.58 Å². The van der Waals surface area contributed by atoms with Gasteiger partial charge in [0.25, 0.3) is 0 Å². The molecular formula is C11H22. The molecule has 1 aliphatic rings. The number of allylic oxidation sites excluding steroid dienone is 1. The monoisotopic (exact) mass is 154 g/mol. The van der Waals surface area contributed by atoms with Crippen molar-refractivity contribution in [2.75, 3.05) is 0 Å². The summed E-state index contributed by atoms with van der Waals surface area (Å²) in [5, 5.41) is 0. The number of rotatable bonds is 1. The van der Waals surface area contributed by atoms with Crippen LogP contribution < -0.4 is 0 Å². The van der Waals surface area contributed by atoms with E-state index >= 15 is 0 Å². The molecule has 1 rings (SSSR count). The maximum atomic E-state index is 3.81. The van der Waals surface area contributed by atoms with E-state index < -0.39 is 0 Å². The summed E-state index contributed by atoms with van der Waals surface area (Å²) in [4.78, 5) is 0. The molecule has 0 bridgehead atoms. The van der Waals surface area contributed by atoms with Gasteiger partial charge in [-0.05, 0) is 18.3 Å². The Balaban J connectivity index is 0.000000292. The SMILES string of the molecule is C=CC1(C)CCCC1.CCC. The van der Waals surface area contributed by atoms with Gasteiger partial charge in [0.15, 0.2) is 0 Å². The molecule has 66 valence electrons. The predicted octanol–water partition coefficient (Wildman–Crippen LogP) is 4.17. The van der Waals surface area contributed by atoms with Crippen molar-refractivity contribution in [2.45, 2.75) is 52.9 Å². The van der Waals surface area contributed by atoms with Crippen molar-refractivity contribution >= 4 is 0 Å². The van der Waals surface area contributed by atoms with E-state index in [1.165, 1.54) is 32.1 Å². The maximum Gasteiger partial charge on any atom is -0.0149 e. The second-order valence-corrected chi connectivity index (χ2v) is 3.77. The van der Waals surface area contributed by atoms with Crippen molar-refractivity contribution < 1.29 is 0 Å². The molecule has 0 heterocycles. The van der Waals surface area contributed by atoms with Crippen LogP contribution in [0, 0.1) is 5.41 Å². The highest BCUT2D eigenvalue weighted by atomic mass is 14.3. The fraction of sp³-hybridized carbons (Fsp3) is 0.818. The summed E-state index contributed by atoms with van der Waals surface area (Å²) >= 11 is 0. The largest absolute Gasteiger partial charge is 0.103 e. The summed E-state index contributed by atoms with van der Waals surface area (Å²) in [5.74, 6) is 0. The van der Waals surface area contributed by atoms with Crippen molar-refractivity contribution in [3.63, 3.8) is 0 Å². The number of hydrogen-bond acceptors (Lipinski definition) is 0. The van der Waals surface area contributed by atoms with Gasteiger partial charge in [0.1, 0.15) is 0 Å². The van der Waals surface area contributed by atoms with E-state index in [-0.39, 0.29) is 0 Å². The van der Waals surface area contributed by atoms with Crippen LogP contribution in [0.25, 0.3) is 0 Å². The minimum absolute atomic E-state index is 0.500. The van der Waals surface area contributed by atoms with Crippen molar-refractivity contribution in [2.24, 2.45) is 5.41 Å². The molecule has 1 fully saturated rings. The van der Waals surface area contributed by atoms with Crippen molar-refractivity contribution in [3.8, 4) is 0 Å². The van der Waals surface area contributed by atoms with Gasteiger partial charge in [0, 0.05) is 0 Å². The molecule has 0 aromatic carbocycles. The van der Waals surface area contributed by atoms with Gasteiger partial charge in [-0.25, -0.2) is 0 Å². The Bertz CT molecular complexity index is 96.6. The molecule has 1 saturated carbocycles. The first kappa shape index (κ1) is 10.7. The molecule has 0 heteroatoms. The zero-order valence-corrected chi connectivity index (χ0v) is 8.32. The van der Waals surface area contributed by atoms with E-state index in [0.29, 0.717) is 5.41 Å². The second kappa shape index (κ2) is 5.40. The molecule has 0 aromatic rings. The standard InChI is InChI=1S/C8H14.C3H8/c1-3-8(2)6-4-5-7-8;1-3-2/h3H,1,4-7H2,2H3;3H2,1-2H3. The van der Waals surface area contributed by atoms with Crippen LogP contribution in [-0.4, -0.2) is 0 Å². The molecule has 11 heavy (non-hydrogen) atoms. The van der Waals surface area contributed by atoms with Crippen LogP contribution in [0.4, 0.5) is 0 Å². The van der Waals surface area contributed by atoms with E-state index in [4.69, 9.17) is 0 Å². The summed E-state index contributed by atoms with van der Waals surface area (Å²) in [5.41, 5.74) is 0.500. The summed E-state index contributed by atoms with van der Waals surface area (Å²) in [7, 11) is 0. The Morgan fingerprint density at radius 3 is 1.82 bits per heavy atom. The lowest BCUT2D eigenvalue weighted by Gasteiger charge is -2.15. The van der Waals surface area contributed by atoms with E-state index in [0.717, 1.165) is 0 Å². The Kier molecular flexibility index (Phi) is 5.27. The average Bonchev–Trinajstić information content (AvgIpc) is 2.39. The molecule has 0 unspecified atom stereocenters. The van der Waals surface area contributed by atoms with Crippen molar-refractivity contribution in [3.05, 3.63) is 12.7 Å². The lowest BCUT2D eigenvalue weighted by Crippen LogP contribution is -2.04. The average molecular weight is 154 g/mol. The molecule has 0 saturated heterocycles. The summed E-state index contributed by atoms with van der Waals surface area (Å²) in [6, 6.07) is 0. The lowest BCUT2D eigenvalue weighted by atomic mass is 9.90. The molecule has 0 nitrogen and oxygen atoms in total. The van der Waals surface area contributed by atoms with Crippen LogP contribution in [0.1, 0.15) is 52.9 Å². The Hall–Kier alpha value is -0.260. The highest BCUT2D eigenvalue weighted by Crippen LogP contribution is 2.37. The van der Waals surface area contributed by atoms with Crippen LogP contribution in [0.15, 0.2) is 12.7 Å². The summed E-state index contributed by atoms with van der Waals surface area (Å²) < 4.78 is 0. The minimum atomic E-state index is 0.500. The zero-order chi connectivity index (χ0) is 8.74. The fourth-order valence-corrected chi connectivity index (χ4v) is 1.39. The quantitative estimate of drug-likeness (QED) is 0.497. The van der Waals surface area contributed by atoms with E-state index in [2.05, 4.69) is 33.4 Å². The van der Waals surface area contributed by atoms with E-state index in [9.17, 15) is 0 Å². The van der Waals surface area contributed by atoms with Crippen LogP contribution in [0.3, 0.4) is 0 Å². The van der Waals surface area contributed by atoms with Gasteiger partial charge in [-0.2, -0.15) is 0 Å². The third-order valence-corrected chi connectivity index (χ3v) is 2.24. The molecule has 0 aliphatic heterocycles. The first-order valence-corrected chi connectivity index (χ1v) is 4.82. The Morgan fingerprint density at radius 2 is 1.64 bits per heavy atom. The van der Waals surface area contributed by atoms with E-state index in [1.807, 2.05) is 0 Å². The Labute approximate surface area is 71.7 Å². The third kappa shape index (κ3) is 4.23. The number of hydrogen-bond donors (Lipinski definition) is 0. The van der Waals surface area contributed by atoms with Crippen LogP contribution in [-0.2, 0) is 0 Å². The van der Waals surface area contributed by atoms with Crippen LogP contribution in [0.2, 0.25) is 0 Å². The van der Waals surface area contributed by atoms with Gasteiger partial charge in [0.2, 0.25) is 0 Å². The second-order valence-electron chi connectivity index (χ2n) is 3.77. The van der Waals surface area contributed by atoms with Gasteiger partial charge in [-0.3, -0.25) is 0 Å². The predicted molar refractivity (Wildman–Crippen MR) is 52.7 cm³/mol. The van der Waals surface area contributed by atoms with Gasteiger partial charge in [-0.1, -0.05) is 46.1 Å². The third-order valence-electron chi connectivity index (χ3n) is 2.24. The smallest absolute Gasteiger partial charge is 0.0149 e. The van der Waals surface area contributed by atoms with Crippen molar-refractivity contribution in [1.82, 2.24) is 0 Å². The van der Waals surface area contributed by atoms with Crippen molar-refractivity contribution in [1.29, 1.82) is 0 Å². The first-order chi connectivity index (χ1) is 5.18. The van der Waals surface area contributed by atoms with Crippen LogP contribution >= 0.6 is 0 Å². The van der Waals surface area contributed by atoms with E-state index in [1.54, 1.807) is 0 Å². The summed E-state index contributed by atoms with van der Waals surface area (Å²) in [6.07, 6.45) is 8.89. The highest BCUT2D eigenvalue weighted by Gasteiger charge is 2.24. The minimum Gasteiger partial charge on any atom is -0.103 e. The molecule has 0 amide bonds. The Morgan fingerprint density at radius 1 is 1.27 bits per heavy atom. The molecule has 0 aromatic heterocycles. The lowest BCUT2D eigenvalue weighted by molar-refractivity contribution is 0.447. The molecule has 0 atom stereocenters. The fourth-order valence-electron chi connectivity index (χ4n) is 1.39.